The number of benzene rings is 1. The van der Waals surface area contributed by atoms with Gasteiger partial charge in [0.05, 0.1) is 37.3 Å². The molecule has 6 nitrogen and oxygen atoms in total. The fourth-order valence-electron chi connectivity index (χ4n) is 2.94. The normalized spacial score (nSPS) is 14.5. The third-order valence-electron chi connectivity index (χ3n) is 4.24. The van der Waals surface area contributed by atoms with Gasteiger partial charge in [0.1, 0.15) is 5.82 Å². The predicted molar refractivity (Wildman–Crippen MR) is 98.6 cm³/mol. The smallest absolute Gasteiger partial charge is 0.152 e. The van der Waals surface area contributed by atoms with Crippen molar-refractivity contribution >= 4 is 11.5 Å². The van der Waals surface area contributed by atoms with E-state index in [9.17, 15) is 0 Å². The maximum Gasteiger partial charge on any atom is 0.152 e. The summed E-state index contributed by atoms with van der Waals surface area (Å²) >= 11 is 0. The predicted octanol–water partition coefficient (Wildman–Crippen LogP) is 2.92. The first-order valence-corrected chi connectivity index (χ1v) is 8.51. The highest BCUT2D eigenvalue weighted by atomic mass is 16.5. The molecule has 3 aromatic rings. The summed E-state index contributed by atoms with van der Waals surface area (Å²) in [6.45, 7) is 3.90. The topological polar surface area (TPSA) is 66.1 Å². The molecule has 1 saturated heterocycles. The van der Waals surface area contributed by atoms with E-state index < -0.39 is 0 Å². The zero-order valence-electron chi connectivity index (χ0n) is 14.0. The minimum Gasteiger partial charge on any atom is -0.378 e. The van der Waals surface area contributed by atoms with Gasteiger partial charge in [0, 0.05) is 24.8 Å². The Bertz CT molecular complexity index is 811. The van der Waals surface area contributed by atoms with Crippen LogP contribution < -0.4 is 10.2 Å². The fraction of sp³-hybridized carbons (Fsp3) is 0.263. The summed E-state index contributed by atoms with van der Waals surface area (Å²) in [5.74, 6) is 1.87. The molecule has 25 heavy (non-hydrogen) atoms. The van der Waals surface area contributed by atoms with E-state index >= 15 is 0 Å². The molecule has 2 N–H and O–H groups in total. The average molecular weight is 335 g/mol. The van der Waals surface area contributed by atoms with Crippen LogP contribution in [0.4, 0.5) is 11.5 Å². The first-order valence-electron chi connectivity index (χ1n) is 8.51. The van der Waals surface area contributed by atoms with Gasteiger partial charge in [-0.3, -0.25) is 0 Å². The summed E-state index contributed by atoms with van der Waals surface area (Å²) in [7, 11) is 0. The Labute approximate surface area is 146 Å². The second-order valence-corrected chi connectivity index (χ2v) is 5.95. The summed E-state index contributed by atoms with van der Waals surface area (Å²) < 4.78 is 5.43. The summed E-state index contributed by atoms with van der Waals surface area (Å²) in [4.78, 5) is 14.7. The van der Waals surface area contributed by atoms with Gasteiger partial charge in [-0.15, -0.1) is 0 Å². The highest BCUT2D eigenvalue weighted by Gasteiger charge is 2.15. The molecule has 1 fully saturated rings. The van der Waals surface area contributed by atoms with Crippen molar-refractivity contribution in [3.63, 3.8) is 0 Å². The number of morpholine rings is 1. The average Bonchev–Trinajstić information content (AvgIpc) is 3.17. The van der Waals surface area contributed by atoms with Crippen LogP contribution in [0.2, 0.25) is 0 Å². The lowest BCUT2D eigenvalue weighted by molar-refractivity contribution is 0.122. The summed E-state index contributed by atoms with van der Waals surface area (Å²) in [5.41, 5.74) is 3.15. The lowest BCUT2D eigenvalue weighted by Gasteiger charge is -2.29. The highest BCUT2D eigenvalue weighted by Crippen LogP contribution is 2.24. The standard InChI is InChI=1S/C19H21N5O/c1-2-5-15(6-3-1)18-22-14-16(23-18)13-21-17-7-4-8-20-19(17)24-9-11-25-12-10-24/h1-8,14,21H,9-13H2,(H,22,23). The third kappa shape index (κ3) is 3.64. The van der Waals surface area contributed by atoms with Crippen molar-refractivity contribution < 1.29 is 4.74 Å². The number of H-pyrrole nitrogens is 1. The van der Waals surface area contributed by atoms with E-state index in [4.69, 9.17) is 4.74 Å². The van der Waals surface area contributed by atoms with Crippen LogP contribution in [0.15, 0.2) is 54.9 Å². The molecular formula is C19H21N5O. The molecule has 6 heteroatoms. The number of anilines is 2. The van der Waals surface area contributed by atoms with Gasteiger partial charge in [-0.2, -0.15) is 0 Å². The zero-order valence-corrected chi connectivity index (χ0v) is 14.0. The van der Waals surface area contributed by atoms with Crippen LogP contribution in [0.25, 0.3) is 11.4 Å². The fourth-order valence-corrected chi connectivity index (χ4v) is 2.94. The number of aromatic nitrogens is 3. The van der Waals surface area contributed by atoms with E-state index in [0.29, 0.717) is 6.54 Å². The minimum atomic E-state index is 0.670. The number of nitrogens with one attached hydrogen (secondary N) is 2. The molecule has 0 amide bonds. The Morgan fingerprint density at radius 3 is 2.72 bits per heavy atom. The summed E-state index contributed by atoms with van der Waals surface area (Å²) in [6, 6.07) is 14.1. The second-order valence-electron chi connectivity index (χ2n) is 5.95. The van der Waals surface area contributed by atoms with Crippen molar-refractivity contribution in [3.05, 3.63) is 60.6 Å². The van der Waals surface area contributed by atoms with E-state index in [-0.39, 0.29) is 0 Å². The summed E-state index contributed by atoms with van der Waals surface area (Å²) in [6.07, 6.45) is 3.71. The Balaban J connectivity index is 1.46. The monoisotopic (exact) mass is 335 g/mol. The lowest BCUT2D eigenvalue weighted by Crippen LogP contribution is -2.37. The van der Waals surface area contributed by atoms with Gasteiger partial charge in [0.15, 0.2) is 5.82 Å². The van der Waals surface area contributed by atoms with Crippen LogP contribution in [0.3, 0.4) is 0 Å². The molecule has 0 atom stereocenters. The minimum absolute atomic E-state index is 0.670. The van der Waals surface area contributed by atoms with Gasteiger partial charge < -0.3 is 19.9 Å². The van der Waals surface area contributed by atoms with Crippen molar-refractivity contribution in [1.82, 2.24) is 15.0 Å². The molecule has 0 aliphatic carbocycles. The molecule has 1 aliphatic rings. The quantitative estimate of drug-likeness (QED) is 0.750. The number of ether oxygens (including phenoxy) is 1. The third-order valence-corrected chi connectivity index (χ3v) is 4.24. The van der Waals surface area contributed by atoms with Crippen LogP contribution in [-0.2, 0) is 11.3 Å². The van der Waals surface area contributed by atoms with Crippen molar-refractivity contribution in [1.29, 1.82) is 0 Å². The molecule has 2 aromatic heterocycles. The number of hydrogen-bond donors (Lipinski definition) is 2. The number of nitrogens with zero attached hydrogens (tertiary/aromatic N) is 3. The van der Waals surface area contributed by atoms with Crippen molar-refractivity contribution in [2.24, 2.45) is 0 Å². The first-order chi connectivity index (χ1) is 12.4. The van der Waals surface area contributed by atoms with Gasteiger partial charge in [0.2, 0.25) is 0 Å². The van der Waals surface area contributed by atoms with E-state index in [1.54, 1.807) is 0 Å². The molecule has 0 spiro atoms. The SMILES string of the molecule is c1ccc(-c2ncc(CNc3cccnc3N3CCOCC3)[nH]2)cc1. The molecule has 0 radical (unpaired) electrons. The molecule has 4 rings (SSSR count). The Hall–Kier alpha value is -2.86. The zero-order chi connectivity index (χ0) is 16.9. The van der Waals surface area contributed by atoms with Crippen LogP contribution in [-0.4, -0.2) is 41.3 Å². The van der Waals surface area contributed by atoms with Gasteiger partial charge in [-0.05, 0) is 12.1 Å². The van der Waals surface area contributed by atoms with E-state index in [2.05, 4.69) is 31.2 Å². The number of hydrogen-bond acceptors (Lipinski definition) is 5. The molecule has 1 aromatic carbocycles. The molecule has 3 heterocycles. The molecular weight excluding hydrogens is 314 g/mol. The summed E-state index contributed by atoms with van der Waals surface area (Å²) in [5, 5.41) is 3.48. The lowest BCUT2D eigenvalue weighted by atomic mass is 10.2. The van der Waals surface area contributed by atoms with Crippen LogP contribution in [0.5, 0.6) is 0 Å². The van der Waals surface area contributed by atoms with E-state index in [1.165, 1.54) is 0 Å². The van der Waals surface area contributed by atoms with E-state index in [1.807, 2.05) is 48.8 Å². The van der Waals surface area contributed by atoms with E-state index in [0.717, 1.165) is 54.9 Å². The molecule has 1 aliphatic heterocycles. The Morgan fingerprint density at radius 1 is 1.04 bits per heavy atom. The maximum atomic E-state index is 5.43. The van der Waals surface area contributed by atoms with Gasteiger partial charge in [0.25, 0.3) is 0 Å². The number of imidazole rings is 1. The van der Waals surface area contributed by atoms with Crippen LogP contribution in [0, 0.1) is 0 Å². The molecule has 0 bridgehead atoms. The largest absolute Gasteiger partial charge is 0.378 e. The van der Waals surface area contributed by atoms with Crippen molar-refractivity contribution in [3.8, 4) is 11.4 Å². The number of aromatic amines is 1. The maximum absolute atomic E-state index is 5.43. The molecule has 128 valence electrons. The van der Waals surface area contributed by atoms with Crippen LogP contribution >= 0.6 is 0 Å². The highest BCUT2D eigenvalue weighted by molar-refractivity contribution is 5.65. The first kappa shape index (κ1) is 15.7. The van der Waals surface area contributed by atoms with Gasteiger partial charge in [-0.1, -0.05) is 30.3 Å². The van der Waals surface area contributed by atoms with Gasteiger partial charge in [-0.25, -0.2) is 9.97 Å². The molecule has 0 unspecified atom stereocenters. The number of rotatable bonds is 5. The van der Waals surface area contributed by atoms with Crippen molar-refractivity contribution in [2.45, 2.75) is 6.54 Å². The Morgan fingerprint density at radius 2 is 1.88 bits per heavy atom. The van der Waals surface area contributed by atoms with Crippen LogP contribution in [0.1, 0.15) is 5.69 Å². The number of pyridine rings is 1. The molecule has 0 saturated carbocycles. The Kier molecular flexibility index (Phi) is 4.61. The van der Waals surface area contributed by atoms with Crippen molar-refractivity contribution in [2.75, 3.05) is 36.5 Å². The second kappa shape index (κ2) is 7.36. The van der Waals surface area contributed by atoms with Gasteiger partial charge >= 0.3 is 0 Å².